The smallest absolute Gasteiger partial charge is 0.338 e. The molecule has 0 aliphatic rings. The van der Waals surface area contributed by atoms with E-state index in [1.165, 1.54) is 6.26 Å². The molecule has 0 aromatic carbocycles. The molecule has 0 radical (unpaired) electrons. The second-order valence-electron chi connectivity index (χ2n) is 4.29. The number of hydrogen-bond acceptors (Lipinski definition) is 4. The van der Waals surface area contributed by atoms with Crippen LogP contribution in [0.2, 0.25) is 0 Å². The zero-order valence-electron chi connectivity index (χ0n) is 10.6. The summed E-state index contributed by atoms with van der Waals surface area (Å²) in [6.07, 6.45) is 8.91. The Labute approximate surface area is 111 Å². The Morgan fingerprint density at radius 1 is 1.47 bits per heavy atom. The molecule has 2 heterocycles. The molecule has 2 aromatic heterocycles. The lowest BCUT2D eigenvalue weighted by Gasteiger charge is -2.03. The number of nitrogens with zero attached hydrogens (tertiary/aromatic N) is 2. The van der Waals surface area contributed by atoms with Crippen LogP contribution in [0.15, 0.2) is 35.5 Å². The SMILES string of the molecule is O=C(O)c1coc(CNCCCCn2ccnc2)c1. The van der Waals surface area contributed by atoms with E-state index in [1.807, 2.05) is 17.1 Å². The Bertz CT molecular complexity index is 505. The predicted octanol–water partition coefficient (Wildman–Crippen LogP) is 1.74. The molecule has 0 unspecified atom stereocenters. The number of unbranched alkanes of at least 4 members (excludes halogenated alkanes) is 1. The van der Waals surface area contributed by atoms with Crippen molar-refractivity contribution in [3.8, 4) is 0 Å². The van der Waals surface area contributed by atoms with Crippen LogP contribution in [-0.2, 0) is 13.1 Å². The fourth-order valence-corrected chi connectivity index (χ4v) is 1.76. The first-order chi connectivity index (χ1) is 9.25. The van der Waals surface area contributed by atoms with Crippen molar-refractivity contribution in [1.82, 2.24) is 14.9 Å². The van der Waals surface area contributed by atoms with Gasteiger partial charge in [0.25, 0.3) is 0 Å². The minimum Gasteiger partial charge on any atom is -0.478 e. The van der Waals surface area contributed by atoms with E-state index in [0.29, 0.717) is 12.3 Å². The monoisotopic (exact) mass is 263 g/mol. The topological polar surface area (TPSA) is 80.3 Å². The molecule has 6 heteroatoms. The zero-order chi connectivity index (χ0) is 13.5. The van der Waals surface area contributed by atoms with E-state index in [4.69, 9.17) is 9.52 Å². The standard InChI is InChI=1S/C13H17N3O3/c17-13(18)11-7-12(19-9-11)8-14-3-1-2-5-16-6-4-15-10-16/h4,6-7,9-10,14H,1-3,5,8H2,(H,17,18). The normalized spacial score (nSPS) is 10.7. The van der Waals surface area contributed by atoms with Gasteiger partial charge in [0, 0.05) is 18.9 Å². The number of nitrogens with one attached hydrogen (secondary N) is 1. The quantitative estimate of drug-likeness (QED) is 0.709. The van der Waals surface area contributed by atoms with E-state index < -0.39 is 5.97 Å². The third kappa shape index (κ3) is 4.26. The summed E-state index contributed by atoms with van der Waals surface area (Å²) in [4.78, 5) is 14.6. The van der Waals surface area contributed by atoms with Gasteiger partial charge in [0.15, 0.2) is 0 Å². The van der Waals surface area contributed by atoms with Crippen LogP contribution >= 0.6 is 0 Å². The van der Waals surface area contributed by atoms with Gasteiger partial charge in [0.1, 0.15) is 12.0 Å². The summed E-state index contributed by atoms with van der Waals surface area (Å²) in [6.45, 7) is 2.39. The van der Waals surface area contributed by atoms with Crippen molar-refractivity contribution in [3.05, 3.63) is 42.4 Å². The number of carboxylic acid groups (broad SMARTS) is 1. The van der Waals surface area contributed by atoms with E-state index in [9.17, 15) is 4.79 Å². The van der Waals surface area contributed by atoms with Gasteiger partial charge >= 0.3 is 5.97 Å². The molecule has 2 N–H and O–H groups in total. The van der Waals surface area contributed by atoms with E-state index in [2.05, 4.69) is 10.3 Å². The Hall–Kier alpha value is -2.08. The van der Waals surface area contributed by atoms with Crippen LogP contribution in [0.1, 0.15) is 29.0 Å². The van der Waals surface area contributed by atoms with Gasteiger partial charge in [-0.2, -0.15) is 0 Å². The minimum atomic E-state index is -0.963. The highest BCUT2D eigenvalue weighted by Crippen LogP contribution is 2.07. The number of imidazole rings is 1. The fraction of sp³-hybridized carbons (Fsp3) is 0.385. The van der Waals surface area contributed by atoms with Gasteiger partial charge < -0.3 is 19.4 Å². The van der Waals surface area contributed by atoms with Gasteiger partial charge in [-0.1, -0.05) is 0 Å². The zero-order valence-corrected chi connectivity index (χ0v) is 10.6. The van der Waals surface area contributed by atoms with Gasteiger partial charge in [-0.3, -0.25) is 0 Å². The molecule has 0 aliphatic carbocycles. The van der Waals surface area contributed by atoms with Gasteiger partial charge in [-0.15, -0.1) is 0 Å². The lowest BCUT2D eigenvalue weighted by atomic mass is 10.3. The Kier molecular flexibility index (Phi) is 4.74. The lowest BCUT2D eigenvalue weighted by molar-refractivity contribution is 0.0696. The minimum absolute atomic E-state index is 0.192. The van der Waals surface area contributed by atoms with Crippen molar-refractivity contribution < 1.29 is 14.3 Å². The van der Waals surface area contributed by atoms with Crippen molar-refractivity contribution in [2.75, 3.05) is 6.54 Å². The molecule has 0 fully saturated rings. The Morgan fingerprint density at radius 2 is 2.37 bits per heavy atom. The summed E-state index contributed by atoms with van der Waals surface area (Å²) in [5.41, 5.74) is 0.192. The maximum atomic E-state index is 10.7. The molecular weight excluding hydrogens is 246 g/mol. The first-order valence-corrected chi connectivity index (χ1v) is 6.23. The largest absolute Gasteiger partial charge is 0.478 e. The average molecular weight is 263 g/mol. The number of aromatic nitrogens is 2. The summed E-state index contributed by atoms with van der Waals surface area (Å²) in [6, 6.07) is 1.54. The molecule has 6 nitrogen and oxygen atoms in total. The number of carbonyl (C=O) groups is 1. The maximum absolute atomic E-state index is 10.7. The molecule has 0 spiro atoms. The lowest BCUT2D eigenvalue weighted by Crippen LogP contribution is -2.14. The molecule has 2 aromatic rings. The third-order valence-electron chi connectivity index (χ3n) is 2.78. The summed E-state index contributed by atoms with van der Waals surface area (Å²) < 4.78 is 7.18. The van der Waals surface area contributed by atoms with Crippen molar-refractivity contribution in [2.24, 2.45) is 0 Å². The van der Waals surface area contributed by atoms with Crippen LogP contribution in [0.4, 0.5) is 0 Å². The molecule has 0 amide bonds. The maximum Gasteiger partial charge on any atom is 0.338 e. The highest BCUT2D eigenvalue weighted by molar-refractivity contribution is 5.87. The summed E-state index contributed by atoms with van der Waals surface area (Å²) >= 11 is 0. The average Bonchev–Trinajstić information content (AvgIpc) is 3.04. The molecule has 0 saturated heterocycles. The number of aryl methyl sites for hydroxylation is 1. The predicted molar refractivity (Wildman–Crippen MR) is 68.8 cm³/mol. The Balaban J connectivity index is 1.57. The number of hydrogen-bond donors (Lipinski definition) is 2. The van der Waals surface area contributed by atoms with Gasteiger partial charge in [-0.25, -0.2) is 9.78 Å². The molecule has 102 valence electrons. The second kappa shape index (κ2) is 6.75. The number of carboxylic acids is 1. The van der Waals surface area contributed by atoms with Gasteiger partial charge in [0.2, 0.25) is 0 Å². The molecule has 0 bridgehead atoms. The van der Waals surface area contributed by atoms with Crippen LogP contribution < -0.4 is 5.32 Å². The number of aromatic carboxylic acids is 1. The molecule has 19 heavy (non-hydrogen) atoms. The van der Waals surface area contributed by atoms with E-state index in [1.54, 1.807) is 12.3 Å². The highest BCUT2D eigenvalue weighted by atomic mass is 16.4. The highest BCUT2D eigenvalue weighted by Gasteiger charge is 2.07. The van der Waals surface area contributed by atoms with Crippen molar-refractivity contribution in [2.45, 2.75) is 25.9 Å². The third-order valence-corrected chi connectivity index (χ3v) is 2.78. The van der Waals surface area contributed by atoms with Crippen molar-refractivity contribution in [3.63, 3.8) is 0 Å². The first-order valence-electron chi connectivity index (χ1n) is 6.23. The summed E-state index contributed by atoms with van der Waals surface area (Å²) in [5.74, 6) is -0.317. The number of rotatable bonds is 8. The number of furan rings is 1. The van der Waals surface area contributed by atoms with Crippen LogP contribution in [0.25, 0.3) is 0 Å². The van der Waals surface area contributed by atoms with Crippen LogP contribution in [-0.4, -0.2) is 27.2 Å². The summed E-state index contributed by atoms with van der Waals surface area (Å²) in [7, 11) is 0. The second-order valence-corrected chi connectivity index (χ2v) is 4.29. The van der Waals surface area contributed by atoms with E-state index >= 15 is 0 Å². The Morgan fingerprint density at radius 3 is 3.05 bits per heavy atom. The molecule has 2 rings (SSSR count). The first kappa shape index (κ1) is 13.4. The molecule has 0 aliphatic heterocycles. The van der Waals surface area contributed by atoms with Crippen LogP contribution in [0.5, 0.6) is 0 Å². The molecular formula is C13H17N3O3. The summed E-state index contributed by atoms with van der Waals surface area (Å²) in [5, 5.41) is 12.0. The fourth-order valence-electron chi connectivity index (χ4n) is 1.76. The van der Waals surface area contributed by atoms with Crippen LogP contribution in [0, 0.1) is 0 Å². The molecule has 0 saturated carbocycles. The van der Waals surface area contributed by atoms with Gasteiger partial charge in [-0.05, 0) is 25.5 Å². The van der Waals surface area contributed by atoms with Gasteiger partial charge in [0.05, 0.1) is 18.4 Å². The van der Waals surface area contributed by atoms with Crippen molar-refractivity contribution >= 4 is 5.97 Å². The molecule has 0 atom stereocenters. The van der Waals surface area contributed by atoms with E-state index in [0.717, 1.165) is 25.9 Å². The van der Waals surface area contributed by atoms with Crippen molar-refractivity contribution in [1.29, 1.82) is 0 Å². The van der Waals surface area contributed by atoms with Crippen LogP contribution in [0.3, 0.4) is 0 Å². The van der Waals surface area contributed by atoms with E-state index in [-0.39, 0.29) is 5.56 Å².